The minimum atomic E-state index is -1.02. The molecule has 1 aliphatic rings. The highest BCUT2D eigenvalue weighted by molar-refractivity contribution is 7.28. The molecule has 0 fully saturated rings. The molecule has 5 N–H and O–H groups in total. The fraction of sp³-hybridized carbons (Fsp3) is 0.531. The molecule has 0 saturated heterocycles. The van der Waals surface area contributed by atoms with Crippen LogP contribution in [0.15, 0.2) is 11.6 Å². The first-order valence-electron chi connectivity index (χ1n) is 14.4. The van der Waals surface area contributed by atoms with Crippen LogP contribution < -0.4 is 21.1 Å². The van der Waals surface area contributed by atoms with E-state index in [0.717, 1.165) is 17.3 Å². The number of halogens is 1. The summed E-state index contributed by atoms with van der Waals surface area (Å²) < 4.78 is 25.7. The summed E-state index contributed by atoms with van der Waals surface area (Å²) in [5.74, 6) is -1.55. The maximum absolute atomic E-state index is 15.1. The van der Waals surface area contributed by atoms with E-state index in [-0.39, 0.29) is 18.1 Å². The highest BCUT2D eigenvalue weighted by Gasteiger charge is 2.26. The monoisotopic (exact) mass is 623 g/mol. The fourth-order valence-electron chi connectivity index (χ4n) is 4.18. The van der Waals surface area contributed by atoms with Gasteiger partial charge in [0.05, 0.1) is 25.2 Å². The molecule has 0 spiro atoms. The van der Waals surface area contributed by atoms with E-state index in [1.165, 1.54) is 13.1 Å². The van der Waals surface area contributed by atoms with Gasteiger partial charge < -0.3 is 30.7 Å². The number of nitrogens with zero attached hydrogens (tertiary/aromatic N) is 1. The zero-order valence-electron chi connectivity index (χ0n) is 27.4. The van der Waals surface area contributed by atoms with E-state index in [0.29, 0.717) is 65.4 Å². The number of aliphatic hydroxyl groups is 1. The van der Waals surface area contributed by atoms with Gasteiger partial charge in [-0.3, -0.25) is 14.6 Å². The summed E-state index contributed by atoms with van der Waals surface area (Å²) in [7, 11) is 5.72. The first-order valence-corrected chi connectivity index (χ1v) is 14.9. The van der Waals surface area contributed by atoms with Gasteiger partial charge in [-0.05, 0) is 95.6 Å². The summed E-state index contributed by atoms with van der Waals surface area (Å²) in [6.07, 6.45) is 2.82. The average Bonchev–Trinajstić information content (AvgIpc) is 2.94. The van der Waals surface area contributed by atoms with Gasteiger partial charge in [0.15, 0.2) is 11.6 Å². The van der Waals surface area contributed by atoms with Gasteiger partial charge in [-0.15, -0.1) is 9.24 Å². The molecule has 11 heteroatoms. The normalized spacial score (nSPS) is 12.2. The standard InChI is InChI=1S/C25H30FN2O5P.C4H10O.C2H6.CH5N/c1-13(25(31)27-7-9-32-4)10-17-14(2)28-15(3)18(12-21(29)30)22(17)19-11-20(26)23-16(24(19)34)6-5-8-33-23;1-4(2,3)5;2*1-2/h10-11H,5-9,12,34H2,1-4H3,(H,27,31)(H,29,30);5H,1-3H3;1-2H3;2H2,1H3/b13-10+;;;. The van der Waals surface area contributed by atoms with Crippen molar-refractivity contribution in [1.29, 1.82) is 0 Å². The highest BCUT2D eigenvalue weighted by atomic mass is 31.0. The molecular weight excluding hydrogens is 572 g/mol. The lowest BCUT2D eigenvalue weighted by Crippen LogP contribution is -2.27. The Morgan fingerprint density at radius 3 is 2.35 bits per heavy atom. The third kappa shape index (κ3) is 12.7. The minimum Gasteiger partial charge on any atom is -0.490 e. The first-order chi connectivity index (χ1) is 20.1. The summed E-state index contributed by atoms with van der Waals surface area (Å²) in [5, 5.41) is 21.7. The van der Waals surface area contributed by atoms with E-state index in [1.54, 1.807) is 54.7 Å². The molecule has 2 heterocycles. The second-order valence-corrected chi connectivity index (χ2v) is 11.0. The SMILES string of the molecule is CC.CC(C)(C)O.CN.COCCNC(=O)/C(C)=C/c1c(C)nc(C)c(CC(=O)O)c1-c1cc(F)c2c(c1P)CCCO2. The van der Waals surface area contributed by atoms with Crippen molar-refractivity contribution in [3.63, 3.8) is 0 Å². The molecule has 0 bridgehead atoms. The van der Waals surface area contributed by atoms with Crippen molar-refractivity contribution in [2.75, 3.05) is 33.9 Å². The number of amides is 1. The second-order valence-electron chi connectivity index (χ2n) is 10.4. The zero-order chi connectivity index (χ0) is 33.5. The number of aliphatic carboxylic acids is 1. The predicted octanol–water partition coefficient (Wildman–Crippen LogP) is 4.50. The maximum atomic E-state index is 15.1. The molecule has 1 unspecified atom stereocenters. The Kier molecular flexibility index (Phi) is 18.1. The molecule has 1 amide bonds. The number of aryl methyl sites for hydroxylation is 2. The van der Waals surface area contributed by atoms with Gasteiger partial charge in [0, 0.05) is 41.7 Å². The predicted molar refractivity (Wildman–Crippen MR) is 176 cm³/mol. The van der Waals surface area contributed by atoms with Crippen molar-refractivity contribution >= 4 is 32.5 Å². The molecule has 0 saturated carbocycles. The van der Waals surface area contributed by atoms with E-state index in [1.807, 2.05) is 13.8 Å². The van der Waals surface area contributed by atoms with Crippen LogP contribution in [0.1, 0.15) is 76.0 Å². The Morgan fingerprint density at radius 1 is 1.23 bits per heavy atom. The van der Waals surface area contributed by atoms with Crippen molar-refractivity contribution in [2.24, 2.45) is 5.73 Å². The Hall–Kier alpha value is -2.91. The number of carbonyl (C=O) groups is 2. The molecular formula is C32H51FN3O6P. The van der Waals surface area contributed by atoms with Gasteiger partial charge in [0.2, 0.25) is 5.91 Å². The highest BCUT2D eigenvalue weighted by Crippen LogP contribution is 2.38. The number of hydrogen-bond donors (Lipinski definition) is 4. The van der Waals surface area contributed by atoms with Crippen molar-refractivity contribution < 1.29 is 33.7 Å². The number of ether oxygens (including phenoxy) is 2. The average molecular weight is 624 g/mol. The van der Waals surface area contributed by atoms with Gasteiger partial charge in [-0.2, -0.15) is 0 Å². The summed E-state index contributed by atoms with van der Waals surface area (Å²) >= 11 is 0. The maximum Gasteiger partial charge on any atom is 0.307 e. The first kappa shape index (κ1) is 40.1. The zero-order valence-corrected chi connectivity index (χ0v) is 28.6. The lowest BCUT2D eigenvalue weighted by Gasteiger charge is -2.24. The fourth-order valence-corrected chi connectivity index (χ4v) is 4.68. The van der Waals surface area contributed by atoms with Crippen LogP contribution in [0.3, 0.4) is 0 Å². The number of fused-ring (bicyclic) bond motifs is 1. The van der Waals surface area contributed by atoms with Crippen molar-refractivity contribution in [3.8, 4) is 16.9 Å². The van der Waals surface area contributed by atoms with Crippen LogP contribution >= 0.6 is 9.24 Å². The van der Waals surface area contributed by atoms with Gasteiger partial charge in [0.1, 0.15) is 0 Å². The van der Waals surface area contributed by atoms with Crippen LogP contribution in [0, 0.1) is 19.7 Å². The van der Waals surface area contributed by atoms with Crippen molar-refractivity contribution in [1.82, 2.24) is 10.3 Å². The largest absolute Gasteiger partial charge is 0.490 e. The number of pyridine rings is 1. The number of nitrogens with two attached hydrogens (primary N) is 1. The van der Waals surface area contributed by atoms with E-state index in [9.17, 15) is 14.7 Å². The molecule has 43 heavy (non-hydrogen) atoms. The number of rotatable bonds is 8. The van der Waals surface area contributed by atoms with Crippen LogP contribution in [0.25, 0.3) is 17.2 Å². The summed E-state index contributed by atoms with van der Waals surface area (Å²) in [6, 6.07) is 1.39. The Morgan fingerprint density at radius 2 is 1.81 bits per heavy atom. The summed E-state index contributed by atoms with van der Waals surface area (Å²) in [5.41, 5.74) is 8.52. The van der Waals surface area contributed by atoms with E-state index in [4.69, 9.17) is 14.6 Å². The molecule has 1 atom stereocenters. The molecule has 0 radical (unpaired) electrons. The van der Waals surface area contributed by atoms with E-state index < -0.39 is 17.4 Å². The van der Waals surface area contributed by atoms with Crippen LogP contribution in [0.2, 0.25) is 0 Å². The van der Waals surface area contributed by atoms with Crippen molar-refractivity contribution in [2.45, 2.75) is 80.3 Å². The molecule has 1 aliphatic heterocycles. The Bertz CT molecular complexity index is 1250. The number of carbonyl (C=O) groups excluding carboxylic acids is 1. The minimum absolute atomic E-state index is 0.244. The molecule has 1 aromatic carbocycles. The third-order valence-electron chi connectivity index (χ3n) is 5.84. The van der Waals surface area contributed by atoms with Gasteiger partial charge in [-0.1, -0.05) is 13.8 Å². The molecule has 9 nitrogen and oxygen atoms in total. The lowest BCUT2D eigenvalue weighted by molar-refractivity contribution is -0.136. The van der Waals surface area contributed by atoms with Crippen LogP contribution in [0.4, 0.5) is 4.39 Å². The number of hydrogen-bond acceptors (Lipinski definition) is 7. The smallest absolute Gasteiger partial charge is 0.307 e. The Balaban J connectivity index is 0.00000174. The second kappa shape index (κ2) is 19.4. The topological polar surface area (TPSA) is 144 Å². The number of carboxylic acid groups (broad SMARTS) is 1. The van der Waals surface area contributed by atoms with Crippen LogP contribution in [0.5, 0.6) is 5.75 Å². The Labute approximate surface area is 258 Å². The number of nitrogens with one attached hydrogen (secondary N) is 1. The van der Waals surface area contributed by atoms with Crippen LogP contribution in [-0.4, -0.2) is 66.6 Å². The number of methoxy groups -OCH3 is 1. The summed E-state index contributed by atoms with van der Waals surface area (Å²) in [6.45, 7) is 15.6. The van der Waals surface area contributed by atoms with Gasteiger partial charge in [-0.25, -0.2) is 4.39 Å². The molecule has 242 valence electrons. The van der Waals surface area contributed by atoms with Gasteiger partial charge >= 0.3 is 5.97 Å². The third-order valence-corrected chi connectivity index (χ3v) is 6.50. The van der Waals surface area contributed by atoms with E-state index in [2.05, 4.69) is 25.3 Å². The number of carboxylic acids is 1. The van der Waals surface area contributed by atoms with Crippen LogP contribution in [-0.2, 0) is 27.2 Å². The van der Waals surface area contributed by atoms with E-state index >= 15 is 4.39 Å². The molecule has 1 aromatic heterocycles. The van der Waals surface area contributed by atoms with Crippen molar-refractivity contribution in [3.05, 3.63) is 45.5 Å². The molecule has 3 rings (SSSR count). The molecule has 2 aromatic rings. The number of benzene rings is 1. The lowest BCUT2D eigenvalue weighted by atomic mass is 9.88. The molecule has 0 aliphatic carbocycles. The summed E-state index contributed by atoms with van der Waals surface area (Å²) in [4.78, 5) is 28.9. The quantitative estimate of drug-likeness (QED) is 0.191. The van der Waals surface area contributed by atoms with Gasteiger partial charge in [0.25, 0.3) is 0 Å². The number of aromatic nitrogens is 1.